The lowest BCUT2D eigenvalue weighted by atomic mass is 10.2. The molecule has 0 atom stereocenters. The molecular weight excluding hydrogens is 348 g/mol. The smallest absolute Gasteiger partial charge is 0.338 e. The van der Waals surface area contributed by atoms with Crippen molar-refractivity contribution in [3.63, 3.8) is 0 Å². The number of ether oxygens (including phenoxy) is 2. The van der Waals surface area contributed by atoms with E-state index in [0.717, 1.165) is 12.0 Å². The van der Waals surface area contributed by atoms with Crippen LogP contribution >= 0.6 is 0 Å². The Morgan fingerprint density at radius 1 is 1.00 bits per heavy atom. The van der Waals surface area contributed by atoms with Crippen molar-refractivity contribution >= 4 is 17.9 Å². The van der Waals surface area contributed by atoms with Crippen LogP contribution in [-0.4, -0.2) is 31.1 Å². The van der Waals surface area contributed by atoms with Gasteiger partial charge in [0.25, 0.3) is 5.91 Å². The van der Waals surface area contributed by atoms with E-state index in [2.05, 4.69) is 10.6 Å². The van der Waals surface area contributed by atoms with Crippen molar-refractivity contribution in [3.8, 4) is 5.75 Å². The summed E-state index contributed by atoms with van der Waals surface area (Å²) < 4.78 is 10.6. The third kappa shape index (κ3) is 7.19. The van der Waals surface area contributed by atoms with Crippen molar-refractivity contribution < 1.29 is 23.9 Å². The summed E-state index contributed by atoms with van der Waals surface area (Å²) in [4.78, 5) is 35.0. The van der Waals surface area contributed by atoms with Crippen LogP contribution < -0.4 is 15.4 Å². The average Bonchev–Trinajstić information content (AvgIpc) is 2.70. The van der Waals surface area contributed by atoms with Gasteiger partial charge >= 0.3 is 12.0 Å². The number of nitrogens with one attached hydrogen (secondary N) is 2. The topological polar surface area (TPSA) is 93.7 Å². The molecule has 3 amide bonds. The molecule has 0 saturated carbocycles. The van der Waals surface area contributed by atoms with Gasteiger partial charge in [-0.05, 0) is 30.2 Å². The van der Waals surface area contributed by atoms with Gasteiger partial charge in [0, 0.05) is 6.54 Å². The van der Waals surface area contributed by atoms with Crippen LogP contribution in [0.4, 0.5) is 4.79 Å². The highest BCUT2D eigenvalue weighted by Gasteiger charge is 2.13. The van der Waals surface area contributed by atoms with Crippen molar-refractivity contribution in [3.05, 3.63) is 65.7 Å². The molecule has 7 heteroatoms. The third-order valence-electron chi connectivity index (χ3n) is 3.44. The maximum Gasteiger partial charge on any atom is 0.338 e. The van der Waals surface area contributed by atoms with Gasteiger partial charge in [0.15, 0.2) is 6.61 Å². The standard InChI is InChI=1S/C20H22N2O5/c1-2-11-21-20(25)22-18(23)14-27-19(24)16-9-6-10-17(12-16)26-13-15-7-4-3-5-8-15/h3-10,12H,2,11,13-14H2,1H3,(H2,21,22,23,25). The number of amides is 3. The number of imide groups is 1. The number of esters is 1. The van der Waals surface area contributed by atoms with E-state index in [9.17, 15) is 14.4 Å². The van der Waals surface area contributed by atoms with E-state index in [4.69, 9.17) is 9.47 Å². The monoisotopic (exact) mass is 370 g/mol. The van der Waals surface area contributed by atoms with E-state index in [0.29, 0.717) is 18.9 Å². The predicted molar refractivity (Wildman–Crippen MR) is 99.3 cm³/mol. The molecule has 2 N–H and O–H groups in total. The maximum atomic E-state index is 12.1. The summed E-state index contributed by atoms with van der Waals surface area (Å²) in [7, 11) is 0. The van der Waals surface area contributed by atoms with Gasteiger partial charge in [0.05, 0.1) is 5.56 Å². The molecule has 2 rings (SSSR count). The number of urea groups is 1. The van der Waals surface area contributed by atoms with E-state index >= 15 is 0 Å². The zero-order valence-electron chi connectivity index (χ0n) is 15.1. The number of carbonyl (C=O) groups excluding carboxylic acids is 3. The number of carbonyl (C=O) groups is 3. The minimum Gasteiger partial charge on any atom is -0.489 e. The third-order valence-corrected chi connectivity index (χ3v) is 3.44. The second kappa shape index (κ2) is 10.6. The van der Waals surface area contributed by atoms with Gasteiger partial charge in [0.2, 0.25) is 0 Å². The molecule has 0 radical (unpaired) electrons. The van der Waals surface area contributed by atoms with Crippen LogP contribution in [-0.2, 0) is 16.1 Å². The summed E-state index contributed by atoms with van der Waals surface area (Å²) in [5.74, 6) is -0.866. The Morgan fingerprint density at radius 2 is 1.78 bits per heavy atom. The number of rotatable bonds is 8. The Hall–Kier alpha value is -3.35. The van der Waals surface area contributed by atoms with Crippen LogP contribution in [0.25, 0.3) is 0 Å². The first-order valence-electron chi connectivity index (χ1n) is 8.60. The summed E-state index contributed by atoms with van der Waals surface area (Å²) in [6.07, 6.45) is 0.749. The lowest BCUT2D eigenvalue weighted by Crippen LogP contribution is -2.41. The Morgan fingerprint density at radius 3 is 2.52 bits per heavy atom. The zero-order chi connectivity index (χ0) is 19.5. The molecule has 0 spiro atoms. The normalized spacial score (nSPS) is 9.96. The van der Waals surface area contributed by atoms with Gasteiger partial charge in [0.1, 0.15) is 12.4 Å². The molecule has 0 bridgehead atoms. The van der Waals surface area contributed by atoms with E-state index in [1.54, 1.807) is 18.2 Å². The van der Waals surface area contributed by atoms with Crippen LogP contribution in [0.15, 0.2) is 54.6 Å². The molecule has 0 aliphatic rings. The van der Waals surface area contributed by atoms with Gasteiger partial charge in [-0.1, -0.05) is 43.3 Å². The molecule has 0 aliphatic carbocycles. The van der Waals surface area contributed by atoms with E-state index in [-0.39, 0.29) is 5.56 Å². The molecule has 0 aromatic heterocycles. The van der Waals surface area contributed by atoms with Gasteiger partial charge in [-0.2, -0.15) is 0 Å². The van der Waals surface area contributed by atoms with Crippen LogP contribution in [0, 0.1) is 0 Å². The predicted octanol–water partition coefficient (Wildman–Crippen LogP) is 2.66. The number of hydrogen-bond donors (Lipinski definition) is 2. The first-order chi connectivity index (χ1) is 13.1. The van der Waals surface area contributed by atoms with Crippen LogP contribution in [0.2, 0.25) is 0 Å². The summed E-state index contributed by atoms with van der Waals surface area (Å²) in [5, 5.41) is 4.57. The lowest BCUT2D eigenvalue weighted by molar-refractivity contribution is -0.123. The Balaban J connectivity index is 1.82. The lowest BCUT2D eigenvalue weighted by Gasteiger charge is -2.09. The molecule has 142 valence electrons. The summed E-state index contributed by atoms with van der Waals surface area (Å²) in [6.45, 7) is 2.17. The summed E-state index contributed by atoms with van der Waals surface area (Å²) in [6, 6.07) is 15.5. The molecule has 0 unspecified atom stereocenters. The van der Waals surface area contributed by atoms with E-state index in [1.807, 2.05) is 37.3 Å². The van der Waals surface area contributed by atoms with Gasteiger partial charge in [-0.25, -0.2) is 9.59 Å². The summed E-state index contributed by atoms with van der Waals surface area (Å²) >= 11 is 0. The Bertz CT molecular complexity index is 777. The zero-order valence-corrected chi connectivity index (χ0v) is 15.1. The number of benzene rings is 2. The fraction of sp³-hybridized carbons (Fsp3) is 0.250. The van der Waals surface area contributed by atoms with E-state index < -0.39 is 24.5 Å². The van der Waals surface area contributed by atoms with Crippen LogP contribution in [0.5, 0.6) is 5.75 Å². The highest BCUT2D eigenvalue weighted by molar-refractivity contribution is 5.97. The largest absolute Gasteiger partial charge is 0.489 e. The first kappa shape index (κ1) is 20.0. The van der Waals surface area contributed by atoms with E-state index in [1.165, 1.54) is 6.07 Å². The average molecular weight is 370 g/mol. The molecule has 0 heterocycles. The molecule has 27 heavy (non-hydrogen) atoms. The maximum absolute atomic E-state index is 12.1. The molecule has 7 nitrogen and oxygen atoms in total. The Kier molecular flexibility index (Phi) is 7.84. The second-order valence-corrected chi connectivity index (χ2v) is 5.68. The highest BCUT2D eigenvalue weighted by Crippen LogP contribution is 2.16. The van der Waals surface area contributed by atoms with Crippen molar-refractivity contribution in [1.82, 2.24) is 10.6 Å². The van der Waals surface area contributed by atoms with Crippen LogP contribution in [0.3, 0.4) is 0 Å². The molecular formula is C20H22N2O5. The van der Waals surface area contributed by atoms with Crippen molar-refractivity contribution in [2.24, 2.45) is 0 Å². The highest BCUT2D eigenvalue weighted by atomic mass is 16.5. The summed E-state index contributed by atoms with van der Waals surface area (Å²) in [5.41, 5.74) is 1.26. The van der Waals surface area contributed by atoms with Crippen molar-refractivity contribution in [1.29, 1.82) is 0 Å². The number of hydrogen-bond acceptors (Lipinski definition) is 5. The Labute approximate surface area is 157 Å². The first-order valence-corrected chi connectivity index (χ1v) is 8.60. The molecule has 2 aromatic rings. The molecule has 0 saturated heterocycles. The fourth-order valence-corrected chi connectivity index (χ4v) is 2.11. The van der Waals surface area contributed by atoms with Crippen molar-refractivity contribution in [2.45, 2.75) is 20.0 Å². The minimum atomic E-state index is -0.701. The second-order valence-electron chi connectivity index (χ2n) is 5.68. The van der Waals surface area contributed by atoms with Crippen molar-refractivity contribution in [2.75, 3.05) is 13.2 Å². The van der Waals surface area contributed by atoms with Crippen LogP contribution in [0.1, 0.15) is 29.3 Å². The van der Waals surface area contributed by atoms with Gasteiger partial charge in [-0.3, -0.25) is 10.1 Å². The quantitative estimate of drug-likeness (QED) is 0.697. The van der Waals surface area contributed by atoms with Gasteiger partial charge < -0.3 is 14.8 Å². The SMILES string of the molecule is CCCNC(=O)NC(=O)COC(=O)c1cccc(OCc2ccccc2)c1. The molecule has 2 aromatic carbocycles. The molecule has 0 fully saturated rings. The molecule has 0 aliphatic heterocycles. The minimum absolute atomic E-state index is 0.254. The fourth-order valence-electron chi connectivity index (χ4n) is 2.11. The van der Waals surface area contributed by atoms with Gasteiger partial charge in [-0.15, -0.1) is 0 Å².